The van der Waals surface area contributed by atoms with E-state index in [1.807, 2.05) is 42.5 Å². The fraction of sp³-hybridized carbons (Fsp3) is 0.214. The Balaban J connectivity index is 2.10. The van der Waals surface area contributed by atoms with Gasteiger partial charge in [0, 0.05) is 17.1 Å². The Labute approximate surface area is 126 Å². The van der Waals surface area contributed by atoms with Crippen LogP contribution in [0.15, 0.2) is 24.3 Å². The maximum atomic E-state index is 6.12. The number of hydrogen-bond acceptors (Lipinski definition) is 3. The fourth-order valence-electron chi connectivity index (χ4n) is 2.14. The second kappa shape index (κ2) is 5.04. The lowest BCUT2D eigenvalue weighted by atomic mass is 10.1. The highest BCUT2D eigenvalue weighted by molar-refractivity contribution is 6.32. The number of benzene rings is 1. The zero-order chi connectivity index (χ0) is 14.3. The lowest BCUT2D eigenvalue weighted by Gasteiger charge is -2.07. The maximum Gasteiger partial charge on any atom is 0.198 e. The van der Waals surface area contributed by atoms with Gasteiger partial charge in [-0.05, 0) is 31.5 Å². The molecule has 102 valence electrons. The first kappa shape index (κ1) is 13.3. The second-order valence-electron chi connectivity index (χ2n) is 4.65. The van der Waals surface area contributed by atoms with Crippen LogP contribution in [0.25, 0.3) is 5.65 Å². The van der Waals surface area contributed by atoms with E-state index in [1.54, 1.807) is 0 Å². The van der Waals surface area contributed by atoms with Gasteiger partial charge in [-0.15, -0.1) is 10.2 Å². The van der Waals surface area contributed by atoms with E-state index in [1.165, 1.54) is 0 Å². The molecule has 0 amide bonds. The number of aromatic nitrogens is 4. The number of fused-ring (bicyclic) bond motifs is 1. The lowest BCUT2D eigenvalue weighted by molar-refractivity contribution is 0.896. The first-order chi connectivity index (χ1) is 9.56. The molecular formula is C14H12Cl2N4. The van der Waals surface area contributed by atoms with Crippen LogP contribution in [0.2, 0.25) is 10.2 Å². The second-order valence-corrected chi connectivity index (χ2v) is 5.45. The molecule has 0 aliphatic carbocycles. The summed E-state index contributed by atoms with van der Waals surface area (Å²) in [5, 5.41) is 9.46. The van der Waals surface area contributed by atoms with Crippen molar-refractivity contribution in [1.29, 1.82) is 0 Å². The van der Waals surface area contributed by atoms with Crippen LogP contribution < -0.4 is 0 Å². The molecule has 1 aromatic carbocycles. The average molecular weight is 307 g/mol. The monoisotopic (exact) mass is 306 g/mol. The summed E-state index contributed by atoms with van der Waals surface area (Å²) in [6, 6.07) is 7.70. The zero-order valence-electron chi connectivity index (χ0n) is 11.1. The third kappa shape index (κ3) is 2.25. The largest absolute Gasteiger partial charge is 0.279 e. The normalized spacial score (nSPS) is 11.2. The molecule has 0 N–H and O–H groups in total. The molecular weight excluding hydrogens is 295 g/mol. The van der Waals surface area contributed by atoms with Crippen LogP contribution in [0.4, 0.5) is 0 Å². The summed E-state index contributed by atoms with van der Waals surface area (Å²) >= 11 is 12.0. The summed E-state index contributed by atoms with van der Waals surface area (Å²) in [7, 11) is 0. The Morgan fingerprint density at radius 1 is 1.05 bits per heavy atom. The van der Waals surface area contributed by atoms with E-state index in [9.17, 15) is 0 Å². The quantitative estimate of drug-likeness (QED) is 0.726. The molecule has 6 heteroatoms. The van der Waals surface area contributed by atoms with E-state index in [4.69, 9.17) is 23.2 Å². The molecule has 0 bridgehead atoms. The van der Waals surface area contributed by atoms with Gasteiger partial charge in [0.15, 0.2) is 10.8 Å². The molecule has 0 radical (unpaired) electrons. The average Bonchev–Trinajstić information content (AvgIpc) is 2.83. The standard InChI is InChI=1S/C14H12Cl2N4/c1-8-9(2)20-12(18-19-14(20)13(16)17-8)7-10-3-5-11(15)6-4-10/h3-6H,7H2,1-2H3. The number of hydrogen-bond donors (Lipinski definition) is 0. The van der Waals surface area contributed by atoms with Gasteiger partial charge in [0.05, 0.1) is 5.69 Å². The van der Waals surface area contributed by atoms with E-state index >= 15 is 0 Å². The summed E-state index contributed by atoms with van der Waals surface area (Å²) in [5.41, 5.74) is 3.59. The molecule has 3 rings (SSSR count). The molecule has 0 unspecified atom stereocenters. The van der Waals surface area contributed by atoms with E-state index in [0.717, 1.165) is 27.8 Å². The lowest BCUT2D eigenvalue weighted by Crippen LogP contribution is -2.03. The van der Waals surface area contributed by atoms with Gasteiger partial charge in [0.25, 0.3) is 0 Å². The molecule has 20 heavy (non-hydrogen) atoms. The van der Waals surface area contributed by atoms with Crippen molar-refractivity contribution in [1.82, 2.24) is 19.6 Å². The molecule has 0 atom stereocenters. The summed E-state index contributed by atoms with van der Waals surface area (Å²) in [6.07, 6.45) is 0.666. The topological polar surface area (TPSA) is 43.1 Å². The first-order valence-corrected chi connectivity index (χ1v) is 6.93. The van der Waals surface area contributed by atoms with Crippen LogP contribution in [-0.4, -0.2) is 19.6 Å². The Kier molecular flexibility index (Phi) is 3.36. The highest BCUT2D eigenvalue weighted by Gasteiger charge is 2.14. The zero-order valence-corrected chi connectivity index (χ0v) is 12.6. The van der Waals surface area contributed by atoms with Crippen molar-refractivity contribution in [3.8, 4) is 0 Å². The maximum absolute atomic E-state index is 6.12. The minimum absolute atomic E-state index is 0.378. The van der Waals surface area contributed by atoms with Crippen molar-refractivity contribution < 1.29 is 0 Å². The molecule has 2 heterocycles. The van der Waals surface area contributed by atoms with Gasteiger partial charge in [0.2, 0.25) is 0 Å². The van der Waals surface area contributed by atoms with Crippen LogP contribution in [-0.2, 0) is 6.42 Å². The molecule has 0 fully saturated rings. The van der Waals surface area contributed by atoms with Gasteiger partial charge in [-0.1, -0.05) is 35.3 Å². The Morgan fingerprint density at radius 3 is 2.45 bits per heavy atom. The third-order valence-corrected chi connectivity index (χ3v) is 3.82. The minimum Gasteiger partial charge on any atom is -0.279 e. The molecule has 0 spiro atoms. The Morgan fingerprint density at radius 2 is 1.75 bits per heavy atom. The van der Waals surface area contributed by atoms with Crippen LogP contribution >= 0.6 is 23.2 Å². The number of halogens is 2. The summed E-state index contributed by atoms with van der Waals surface area (Å²) in [4.78, 5) is 4.26. The molecule has 0 aliphatic heterocycles. The van der Waals surface area contributed by atoms with Crippen molar-refractivity contribution >= 4 is 28.8 Å². The first-order valence-electron chi connectivity index (χ1n) is 6.17. The molecule has 4 nitrogen and oxygen atoms in total. The van der Waals surface area contributed by atoms with Crippen LogP contribution in [0.1, 0.15) is 22.8 Å². The van der Waals surface area contributed by atoms with Crippen molar-refractivity contribution in [3.63, 3.8) is 0 Å². The van der Waals surface area contributed by atoms with Crippen LogP contribution in [0.3, 0.4) is 0 Å². The highest BCUT2D eigenvalue weighted by Crippen LogP contribution is 2.20. The van der Waals surface area contributed by atoms with Gasteiger partial charge >= 0.3 is 0 Å². The summed E-state index contributed by atoms with van der Waals surface area (Å²) < 4.78 is 1.96. The minimum atomic E-state index is 0.378. The molecule has 2 aromatic heterocycles. The van der Waals surface area contributed by atoms with Crippen molar-refractivity contribution in [2.45, 2.75) is 20.3 Å². The smallest absolute Gasteiger partial charge is 0.198 e. The van der Waals surface area contributed by atoms with Gasteiger partial charge in [-0.3, -0.25) is 4.40 Å². The van der Waals surface area contributed by atoms with Crippen molar-refractivity contribution in [3.05, 3.63) is 57.2 Å². The molecule has 0 saturated carbocycles. The van der Waals surface area contributed by atoms with Gasteiger partial charge in [-0.25, -0.2) is 4.98 Å². The highest BCUT2D eigenvalue weighted by atomic mass is 35.5. The van der Waals surface area contributed by atoms with E-state index in [2.05, 4.69) is 15.2 Å². The molecule has 3 aromatic rings. The van der Waals surface area contributed by atoms with Gasteiger partial charge in [-0.2, -0.15) is 0 Å². The number of nitrogens with zero attached hydrogens (tertiary/aromatic N) is 4. The predicted octanol–water partition coefficient (Wildman–Crippen LogP) is 3.64. The number of aryl methyl sites for hydroxylation is 2. The SMILES string of the molecule is Cc1nc(Cl)c2nnc(Cc3ccc(Cl)cc3)n2c1C. The fourth-order valence-corrected chi connectivity index (χ4v) is 2.52. The van der Waals surface area contributed by atoms with E-state index in [-0.39, 0.29) is 0 Å². The van der Waals surface area contributed by atoms with Crippen LogP contribution in [0.5, 0.6) is 0 Å². The van der Waals surface area contributed by atoms with Crippen LogP contribution in [0, 0.1) is 13.8 Å². The Hall–Kier alpha value is -1.65. The molecule has 0 saturated heterocycles. The third-order valence-electron chi connectivity index (χ3n) is 3.31. The van der Waals surface area contributed by atoms with E-state index < -0.39 is 0 Å². The Bertz CT molecular complexity index is 778. The van der Waals surface area contributed by atoms with Gasteiger partial charge < -0.3 is 0 Å². The number of rotatable bonds is 2. The molecule has 0 aliphatic rings. The van der Waals surface area contributed by atoms with E-state index in [0.29, 0.717) is 17.2 Å². The predicted molar refractivity (Wildman–Crippen MR) is 79.5 cm³/mol. The summed E-state index contributed by atoms with van der Waals surface area (Å²) in [6.45, 7) is 3.91. The van der Waals surface area contributed by atoms with Crippen molar-refractivity contribution in [2.75, 3.05) is 0 Å². The summed E-state index contributed by atoms with van der Waals surface area (Å²) in [5.74, 6) is 0.840. The van der Waals surface area contributed by atoms with Gasteiger partial charge in [0.1, 0.15) is 5.82 Å². The van der Waals surface area contributed by atoms with Crippen molar-refractivity contribution in [2.24, 2.45) is 0 Å².